The molecule has 0 fully saturated rings. The third-order valence-corrected chi connectivity index (χ3v) is 4.32. The Bertz CT molecular complexity index is 963. The van der Waals surface area contributed by atoms with Gasteiger partial charge in [0, 0.05) is 30.9 Å². The summed E-state index contributed by atoms with van der Waals surface area (Å²) in [5.41, 5.74) is 1.41. The summed E-state index contributed by atoms with van der Waals surface area (Å²) in [6.45, 7) is 4.22. The van der Waals surface area contributed by atoms with Crippen molar-refractivity contribution in [1.82, 2.24) is 9.88 Å². The van der Waals surface area contributed by atoms with Crippen LogP contribution < -0.4 is 20.3 Å². The quantitative estimate of drug-likeness (QED) is 0.648. The molecule has 1 N–H and O–H groups in total. The van der Waals surface area contributed by atoms with E-state index in [-0.39, 0.29) is 13.3 Å². The molecule has 0 saturated carbocycles. The number of amidine groups is 1. The zero-order valence-electron chi connectivity index (χ0n) is 15.6. The molecule has 2 heterocycles. The lowest BCUT2D eigenvalue weighted by molar-refractivity contribution is 0.174. The summed E-state index contributed by atoms with van der Waals surface area (Å²) in [6, 6.07) is 6.65. The van der Waals surface area contributed by atoms with Gasteiger partial charge in [-0.2, -0.15) is 0 Å². The monoisotopic (exact) mass is 371 g/mol. The van der Waals surface area contributed by atoms with Crippen LogP contribution in [0.4, 0.5) is 4.39 Å². The molecule has 6 nitrogen and oxygen atoms in total. The number of pyridine rings is 1. The van der Waals surface area contributed by atoms with Crippen molar-refractivity contribution in [2.24, 2.45) is 4.99 Å². The average Bonchev–Trinajstić information content (AvgIpc) is 3.14. The zero-order valence-corrected chi connectivity index (χ0v) is 15.6. The highest BCUT2D eigenvalue weighted by Crippen LogP contribution is 2.32. The molecule has 0 amide bonds. The first kappa shape index (κ1) is 18.7. The molecule has 1 aliphatic heterocycles. The Balaban J connectivity index is 1.93. The number of nitrogens with zero attached hydrogens (tertiary/aromatic N) is 2. The minimum atomic E-state index is -0.805. The second kappa shape index (κ2) is 8.07. The van der Waals surface area contributed by atoms with E-state index in [1.54, 1.807) is 25.4 Å². The maximum atomic E-state index is 14.3. The number of ether oxygens (including phenoxy) is 2. The number of halogens is 1. The SMILES string of the molecule is C/C=C(\NC(CC)=NC)c1cc(F)c(=O)n(Cc2ccc3c(c2)OCO3)c1. The average molecular weight is 371 g/mol. The zero-order chi connectivity index (χ0) is 19.4. The van der Waals surface area contributed by atoms with Crippen molar-refractivity contribution in [2.75, 3.05) is 13.8 Å². The summed E-state index contributed by atoms with van der Waals surface area (Å²) in [7, 11) is 1.69. The Kier molecular flexibility index (Phi) is 5.59. The van der Waals surface area contributed by atoms with E-state index in [0.717, 1.165) is 11.4 Å². The molecule has 7 heteroatoms. The summed E-state index contributed by atoms with van der Waals surface area (Å²) >= 11 is 0. The normalized spacial score (nSPS) is 13.8. The number of hydrogen-bond acceptors (Lipinski definition) is 4. The van der Waals surface area contributed by atoms with E-state index in [1.165, 1.54) is 10.6 Å². The first-order chi connectivity index (χ1) is 13.0. The van der Waals surface area contributed by atoms with Gasteiger partial charge in [0.25, 0.3) is 5.56 Å². The Morgan fingerprint density at radius 1 is 1.33 bits per heavy atom. The van der Waals surface area contributed by atoms with Crippen LogP contribution in [0, 0.1) is 5.82 Å². The van der Waals surface area contributed by atoms with Gasteiger partial charge in [-0.3, -0.25) is 9.79 Å². The predicted molar refractivity (Wildman–Crippen MR) is 103 cm³/mol. The van der Waals surface area contributed by atoms with E-state index in [9.17, 15) is 9.18 Å². The van der Waals surface area contributed by atoms with Gasteiger partial charge in [-0.25, -0.2) is 4.39 Å². The van der Waals surface area contributed by atoms with Gasteiger partial charge in [0.05, 0.1) is 6.54 Å². The molecule has 1 aliphatic rings. The largest absolute Gasteiger partial charge is 0.454 e. The van der Waals surface area contributed by atoms with Crippen molar-refractivity contribution >= 4 is 11.5 Å². The molecule has 27 heavy (non-hydrogen) atoms. The summed E-state index contributed by atoms with van der Waals surface area (Å²) in [6.07, 6.45) is 4.18. The van der Waals surface area contributed by atoms with Crippen LogP contribution >= 0.6 is 0 Å². The smallest absolute Gasteiger partial charge is 0.286 e. The lowest BCUT2D eigenvalue weighted by Gasteiger charge is -2.14. The molecule has 142 valence electrons. The second-order valence-corrected chi connectivity index (χ2v) is 6.05. The number of allylic oxidation sites excluding steroid dienone is 1. The van der Waals surface area contributed by atoms with Gasteiger partial charge in [-0.05, 0) is 30.7 Å². The van der Waals surface area contributed by atoms with Crippen molar-refractivity contribution < 1.29 is 13.9 Å². The summed E-state index contributed by atoms with van der Waals surface area (Å²) in [4.78, 5) is 16.4. The minimum absolute atomic E-state index is 0.178. The van der Waals surface area contributed by atoms with E-state index in [1.807, 2.05) is 26.0 Å². The number of hydrogen-bond donors (Lipinski definition) is 1. The van der Waals surface area contributed by atoms with Gasteiger partial charge in [0.1, 0.15) is 5.84 Å². The maximum Gasteiger partial charge on any atom is 0.286 e. The molecule has 1 aromatic carbocycles. The maximum absolute atomic E-state index is 14.3. The van der Waals surface area contributed by atoms with Gasteiger partial charge in [-0.15, -0.1) is 0 Å². The van der Waals surface area contributed by atoms with Gasteiger partial charge >= 0.3 is 0 Å². The molecule has 3 rings (SSSR count). The van der Waals surface area contributed by atoms with E-state index in [0.29, 0.717) is 29.2 Å². The van der Waals surface area contributed by atoms with Crippen LogP contribution in [-0.2, 0) is 6.54 Å². The molecule has 0 atom stereocenters. The first-order valence-corrected chi connectivity index (χ1v) is 8.73. The highest BCUT2D eigenvalue weighted by atomic mass is 19.1. The third kappa shape index (κ3) is 4.02. The fourth-order valence-corrected chi connectivity index (χ4v) is 2.87. The van der Waals surface area contributed by atoms with Gasteiger partial charge in [0.2, 0.25) is 6.79 Å². The van der Waals surface area contributed by atoms with Crippen LogP contribution in [0.2, 0.25) is 0 Å². The summed E-state index contributed by atoms with van der Waals surface area (Å²) < 4.78 is 26.3. The summed E-state index contributed by atoms with van der Waals surface area (Å²) in [5, 5.41) is 3.18. The molecule has 0 aliphatic carbocycles. The Labute approximate surface area is 157 Å². The van der Waals surface area contributed by atoms with Crippen LogP contribution in [0.25, 0.3) is 5.70 Å². The van der Waals surface area contributed by atoms with Gasteiger partial charge in [-0.1, -0.05) is 19.1 Å². The fraction of sp³-hybridized carbons (Fsp3) is 0.300. The van der Waals surface area contributed by atoms with E-state index >= 15 is 0 Å². The molecule has 0 bridgehead atoms. The Hall–Kier alpha value is -3.09. The number of benzene rings is 1. The lowest BCUT2D eigenvalue weighted by atomic mass is 10.1. The summed E-state index contributed by atoms with van der Waals surface area (Å²) in [5.74, 6) is 1.26. The predicted octanol–water partition coefficient (Wildman–Crippen LogP) is 3.15. The van der Waals surface area contributed by atoms with E-state index in [4.69, 9.17) is 9.47 Å². The van der Waals surface area contributed by atoms with Crippen molar-refractivity contribution in [3.8, 4) is 11.5 Å². The molecular weight excluding hydrogens is 349 g/mol. The standard InChI is InChI=1S/C20H22FN3O3/c1-4-16(23-19(5-2)22-3)14-9-15(21)20(25)24(11-14)10-13-6-7-17-18(8-13)27-12-26-17/h4,6-9,11H,5,10,12H2,1-3H3,(H,22,23)/b16-4-. The van der Waals surface area contributed by atoms with Gasteiger partial charge in [0.15, 0.2) is 17.3 Å². The van der Waals surface area contributed by atoms with Crippen LogP contribution in [-0.4, -0.2) is 24.2 Å². The Morgan fingerprint density at radius 2 is 2.11 bits per heavy atom. The molecule has 0 unspecified atom stereocenters. The van der Waals surface area contributed by atoms with Gasteiger partial charge < -0.3 is 19.4 Å². The van der Waals surface area contributed by atoms with E-state index < -0.39 is 11.4 Å². The van der Waals surface area contributed by atoms with Crippen molar-refractivity contribution in [1.29, 1.82) is 0 Å². The van der Waals surface area contributed by atoms with Crippen LogP contribution in [0.1, 0.15) is 31.4 Å². The third-order valence-electron chi connectivity index (χ3n) is 4.32. The van der Waals surface area contributed by atoms with Crippen LogP contribution in [0.15, 0.2) is 46.3 Å². The van der Waals surface area contributed by atoms with Crippen molar-refractivity contribution in [3.63, 3.8) is 0 Å². The highest BCUT2D eigenvalue weighted by molar-refractivity contribution is 5.90. The van der Waals surface area contributed by atoms with Crippen molar-refractivity contribution in [3.05, 3.63) is 63.8 Å². The topological polar surface area (TPSA) is 64.9 Å². The highest BCUT2D eigenvalue weighted by Gasteiger charge is 2.15. The number of fused-ring (bicyclic) bond motifs is 1. The molecule has 0 saturated heterocycles. The lowest BCUT2D eigenvalue weighted by Crippen LogP contribution is -2.26. The van der Waals surface area contributed by atoms with Crippen LogP contribution in [0.3, 0.4) is 0 Å². The molecular formula is C20H22FN3O3. The number of nitrogens with one attached hydrogen (secondary N) is 1. The fourth-order valence-electron chi connectivity index (χ4n) is 2.87. The Morgan fingerprint density at radius 3 is 2.81 bits per heavy atom. The number of aliphatic imine (C=N–C) groups is 1. The van der Waals surface area contributed by atoms with Crippen molar-refractivity contribution in [2.45, 2.75) is 26.8 Å². The molecule has 1 aromatic heterocycles. The molecule has 0 spiro atoms. The second-order valence-electron chi connectivity index (χ2n) is 6.05. The molecule has 2 aromatic rings. The molecule has 0 radical (unpaired) electrons. The van der Waals surface area contributed by atoms with E-state index in [2.05, 4.69) is 10.3 Å². The minimum Gasteiger partial charge on any atom is -0.454 e. The first-order valence-electron chi connectivity index (χ1n) is 8.73. The van der Waals surface area contributed by atoms with Crippen LogP contribution in [0.5, 0.6) is 11.5 Å². The number of rotatable bonds is 5. The number of aromatic nitrogens is 1.